The van der Waals surface area contributed by atoms with Crippen LogP contribution in [0.5, 0.6) is 0 Å². The van der Waals surface area contributed by atoms with E-state index in [0.29, 0.717) is 12.1 Å². The lowest BCUT2D eigenvalue weighted by atomic mass is 9.99. The lowest BCUT2D eigenvalue weighted by molar-refractivity contribution is -0.0546. The molecule has 200 valence electrons. The maximum absolute atomic E-state index is 13.3. The molecule has 0 saturated carbocycles. The highest BCUT2D eigenvalue weighted by Gasteiger charge is 2.48. The number of carbonyl (C=O) groups excluding carboxylic acids is 1. The highest BCUT2D eigenvalue weighted by atomic mass is 32.1. The first-order chi connectivity index (χ1) is 17.7. The number of aliphatic imine (C=N–C) groups is 1. The second kappa shape index (κ2) is 13.2. The van der Waals surface area contributed by atoms with Crippen LogP contribution in [0.3, 0.4) is 0 Å². The Morgan fingerprint density at radius 3 is 2.41 bits per heavy atom. The third kappa shape index (κ3) is 8.15. The monoisotopic (exact) mass is 550 g/mol. The van der Waals surface area contributed by atoms with E-state index in [0.717, 1.165) is 10.6 Å². The molecule has 0 bridgehead atoms. The van der Waals surface area contributed by atoms with Gasteiger partial charge in [0.25, 0.3) is 0 Å². The molecule has 1 unspecified atom stereocenters. The van der Waals surface area contributed by atoms with Crippen molar-refractivity contribution < 1.29 is 27.6 Å². The maximum Gasteiger partial charge on any atom is 0.348 e. The van der Waals surface area contributed by atoms with Gasteiger partial charge in [-0.15, -0.1) is 0 Å². The summed E-state index contributed by atoms with van der Waals surface area (Å²) in [7, 11) is -3.38. The standard InChI is InChI=1S/C25H32FN4O5PS/c1-4-34-36(32,35-5-2)18-16-25(3)22(28-23(37)27-21-13-11-20(26)12-14-21)30(24(31)29-25)33-17-15-19-9-7-6-8-10-19/h6-14H,4-5,15-18H2,1-3H3,(H,27,37)(H,29,31)/b28-22+. The normalized spacial score (nSPS) is 18.8. The first-order valence-corrected chi connectivity index (χ1v) is 14.1. The van der Waals surface area contributed by atoms with E-state index >= 15 is 0 Å². The molecule has 0 spiro atoms. The van der Waals surface area contributed by atoms with Crippen LogP contribution < -0.4 is 10.6 Å². The number of carbonyl (C=O) groups is 1. The third-order valence-corrected chi connectivity index (χ3v) is 7.82. The van der Waals surface area contributed by atoms with Crippen molar-refractivity contribution in [2.75, 3.05) is 31.3 Å². The Labute approximate surface area is 221 Å². The minimum absolute atomic E-state index is 0.0405. The molecule has 12 heteroatoms. The number of nitrogens with one attached hydrogen (secondary N) is 2. The van der Waals surface area contributed by atoms with Gasteiger partial charge in [0.05, 0.1) is 26.0 Å². The number of hydrogen-bond donors (Lipinski definition) is 2. The third-order valence-electron chi connectivity index (χ3n) is 5.55. The number of rotatable bonds is 12. The summed E-state index contributed by atoms with van der Waals surface area (Å²) in [4.78, 5) is 23.3. The van der Waals surface area contributed by atoms with E-state index < -0.39 is 19.2 Å². The van der Waals surface area contributed by atoms with E-state index in [1.54, 1.807) is 20.8 Å². The predicted octanol–water partition coefficient (Wildman–Crippen LogP) is 5.54. The average molecular weight is 551 g/mol. The fourth-order valence-corrected chi connectivity index (χ4v) is 5.77. The fourth-order valence-electron chi connectivity index (χ4n) is 3.73. The van der Waals surface area contributed by atoms with Gasteiger partial charge in [-0.05, 0) is 75.7 Å². The summed E-state index contributed by atoms with van der Waals surface area (Å²) in [6, 6.07) is 14.8. The molecule has 2 aromatic carbocycles. The molecule has 2 amide bonds. The van der Waals surface area contributed by atoms with Gasteiger partial charge >= 0.3 is 13.6 Å². The van der Waals surface area contributed by atoms with Crippen LogP contribution in [-0.4, -0.2) is 53.6 Å². The molecule has 1 aliphatic heterocycles. The van der Waals surface area contributed by atoms with Gasteiger partial charge in [-0.25, -0.2) is 14.2 Å². The van der Waals surface area contributed by atoms with E-state index in [1.807, 2.05) is 30.3 Å². The minimum atomic E-state index is -3.38. The summed E-state index contributed by atoms with van der Waals surface area (Å²) in [5.74, 6) is -0.184. The molecule has 2 N–H and O–H groups in total. The second-order valence-corrected chi connectivity index (χ2v) is 11.0. The smallest absolute Gasteiger partial charge is 0.331 e. The van der Waals surface area contributed by atoms with Crippen LogP contribution in [0.15, 0.2) is 59.6 Å². The zero-order chi connectivity index (χ0) is 26.9. The molecule has 2 aromatic rings. The van der Waals surface area contributed by atoms with Gasteiger partial charge in [0.15, 0.2) is 10.9 Å². The van der Waals surface area contributed by atoms with Crippen LogP contribution in [-0.2, 0) is 24.9 Å². The molecular formula is C25H32FN4O5PS. The highest BCUT2D eigenvalue weighted by Crippen LogP contribution is 2.49. The van der Waals surface area contributed by atoms with Gasteiger partial charge in [0, 0.05) is 5.69 Å². The Morgan fingerprint density at radius 1 is 1.14 bits per heavy atom. The molecule has 1 heterocycles. The molecule has 1 fully saturated rings. The molecule has 0 radical (unpaired) electrons. The van der Waals surface area contributed by atoms with Crippen LogP contribution in [0.1, 0.15) is 32.8 Å². The number of hydrogen-bond acceptors (Lipinski definition) is 6. The van der Waals surface area contributed by atoms with Crippen LogP contribution in [0, 0.1) is 5.82 Å². The van der Waals surface area contributed by atoms with Crippen molar-refractivity contribution in [2.24, 2.45) is 4.99 Å². The van der Waals surface area contributed by atoms with Crippen molar-refractivity contribution in [1.82, 2.24) is 10.4 Å². The maximum atomic E-state index is 13.3. The number of urea groups is 1. The highest BCUT2D eigenvalue weighted by molar-refractivity contribution is 7.80. The zero-order valence-corrected chi connectivity index (χ0v) is 22.8. The lowest BCUT2D eigenvalue weighted by Gasteiger charge is -2.27. The van der Waals surface area contributed by atoms with E-state index in [1.165, 1.54) is 24.3 Å². The van der Waals surface area contributed by atoms with Gasteiger partial charge in [0.2, 0.25) is 0 Å². The zero-order valence-electron chi connectivity index (χ0n) is 21.1. The largest absolute Gasteiger partial charge is 0.348 e. The van der Waals surface area contributed by atoms with Gasteiger partial charge in [-0.1, -0.05) is 30.3 Å². The van der Waals surface area contributed by atoms with Crippen LogP contribution >= 0.6 is 19.8 Å². The summed E-state index contributed by atoms with van der Waals surface area (Å²) in [5.41, 5.74) is 0.497. The Balaban J connectivity index is 1.82. The topological polar surface area (TPSA) is 101 Å². The Hall–Kier alpha value is -2.69. The number of benzene rings is 2. The molecule has 0 aliphatic carbocycles. The van der Waals surface area contributed by atoms with Crippen LogP contribution in [0.4, 0.5) is 14.9 Å². The Kier molecular flexibility index (Phi) is 10.3. The minimum Gasteiger partial charge on any atom is -0.331 e. The molecule has 3 rings (SSSR count). The Morgan fingerprint density at radius 2 is 1.78 bits per heavy atom. The second-order valence-electron chi connectivity index (χ2n) is 8.42. The van der Waals surface area contributed by atoms with Crippen molar-refractivity contribution in [1.29, 1.82) is 0 Å². The molecule has 9 nitrogen and oxygen atoms in total. The van der Waals surface area contributed by atoms with Crippen LogP contribution in [0.25, 0.3) is 0 Å². The van der Waals surface area contributed by atoms with Gasteiger partial charge in [-0.3, -0.25) is 9.40 Å². The first kappa shape index (κ1) is 28.9. The SMILES string of the molecule is CCOP(=O)(CCC1(C)NC(=O)N(OCCc2ccccc2)/C1=N/C(=S)Nc1ccc(F)cc1)OCC. The summed E-state index contributed by atoms with van der Waals surface area (Å²) < 4.78 is 37.2. The van der Waals surface area contributed by atoms with E-state index in [-0.39, 0.29) is 49.2 Å². The van der Waals surface area contributed by atoms with Crippen molar-refractivity contribution >= 4 is 42.5 Å². The van der Waals surface area contributed by atoms with Crippen molar-refractivity contribution in [2.45, 2.75) is 39.2 Å². The van der Waals surface area contributed by atoms with E-state index in [4.69, 9.17) is 26.1 Å². The number of hydroxylamine groups is 2. The molecule has 1 aliphatic rings. The van der Waals surface area contributed by atoms with Crippen molar-refractivity contribution in [3.05, 3.63) is 66.0 Å². The van der Waals surface area contributed by atoms with Gasteiger partial charge in [0.1, 0.15) is 11.4 Å². The fraction of sp³-hybridized carbons (Fsp3) is 0.400. The van der Waals surface area contributed by atoms with Crippen LogP contribution in [0.2, 0.25) is 0 Å². The predicted molar refractivity (Wildman–Crippen MR) is 145 cm³/mol. The molecule has 37 heavy (non-hydrogen) atoms. The first-order valence-electron chi connectivity index (χ1n) is 12.0. The van der Waals surface area contributed by atoms with E-state index in [2.05, 4.69) is 15.6 Å². The van der Waals surface area contributed by atoms with Gasteiger partial charge < -0.3 is 19.7 Å². The van der Waals surface area contributed by atoms with E-state index in [9.17, 15) is 13.8 Å². The molecule has 1 atom stereocenters. The molecule has 0 aromatic heterocycles. The molecular weight excluding hydrogens is 518 g/mol. The summed E-state index contributed by atoms with van der Waals surface area (Å²) in [6.45, 7) is 5.87. The summed E-state index contributed by atoms with van der Waals surface area (Å²) in [6.07, 6.45) is 0.795. The number of halogens is 1. The number of amides is 2. The van der Waals surface area contributed by atoms with Crippen molar-refractivity contribution in [3.8, 4) is 0 Å². The summed E-state index contributed by atoms with van der Waals surface area (Å²) in [5, 5.41) is 6.91. The number of amidine groups is 1. The molecule has 1 saturated heterocycles. The van der Waals surface area contributed by atoms with Crippen molar-refractivity contribution in [3.63, 3.8) is 0 Å². The Bertz CT molecular complexity index is 1140. The lowest BCUT2D eigenvalue weighted by Crippen LogP contribution is -2.45. The number of anilines is 1. The quantitative estimate of drug-likeness (QED) is 0.265. The average Bonchev–Trinajstić information content (AvgIpc) is 3.09. The number of nitrogens with zero attached hydrogens (tertiary/aromatic N) is 2. The van der Waals surface area contributed by atoms with Gasteiger partial charge in [-0.2, -0.15) is 5.06 Å². The summed E-state index contributed by atoms with van der Waals surface area (Å²) >= 11 is 5.41. The number of thiocarbonyl (C=S) groups is 1.